The lowest BCUT2D eigenvalue weighted by Crippen LogP contribution is -2.04. The summed E-state index contributed by atoms with van der Waals surface area (Å²) in [6.45, 7) is 1.72. The zero-order valence-corrected chi connectivity index (χ0v) is 8.94. The lowest BCUT2D eigenvalue weighted by Gasteiger charge is -2.05. The lowest BCUT2D eigenvalue weighted by atomic mass is 10.0. The molecular weight excluding hydrogens is 207 g/mol. The van der Waals surface area contributed by atoms with Crippen LogP contribution in [0.3, 0.4) is 0 Å². The number of H-pyrrole nitrogens is 1. The molecule has 0 radical (unpaired) electrons. The van der Waals surface area contributed by atoms with Crippen molar-refractivity contribution in [2.24, 2.45) is 0 Å². The highest BCUT2D eigenvalue weighted by molar-refractivity contribution is 5.62. The maximum Gasteiger partial charge on any atom is 0.123 e. The molecule has 1 aromatic heterocycles. The fourth-order valence-corrected chi connectivity index (χ4v) is 1.65. The number of benzene rings is 1. The summed E-state index contributed by atoms with van der Waals surface area (Å²) in [7, 11) is 0. The summed E-state index contributed by atoms with van der Waals surface area (Å²) in [5, 5.41) is 16.1. The summed E-state index contributed by atoms with van der Waals surface area (Å²) in [6.07, 6.45) is 1.80. The van der Waals surface area contributed by atoms with E-state index in [1.807, 2.05) is 0 Å². The van der Waals surface area contributed by atoms with Crippen LogP contribution in [0.1, 0.15) is 12.5 Å². The Kier molecular flexibility index (Phi) is 3.01. The summed E-state index contributed by atoms with van der Waals surface area (Å²) >= 11 is 0. The van der Waals surface area contributed by atoms with E-state index in [1.54, 1.807) is 25.3 Å². The zero-order valence-electron chi connectivity index (χ0n) is 8.94. The minimum Gasteiger partial charge on any atom is -0.393 e. The molecule has 16 heavy (non-hydrogen) atoms. The van der Waals surface area contributed by atoms with Gasteiger partial charge in [-0.2, -0.15) is 5.10 Å². The number of halogens is 1. The monoisotopic (exact) mass is 220 g/mol. The van der Waals surface area contributed by atoms with E-state index in [-0.39, 0.29) is 5.82 Å². The number of hydrogen-bond acceptors (Lipinski definition) is 2. The van der Waals surface area contributed by atoms with Crippen molar-refractivity contribution in [2.75, 3.05) is 0 Å². The smallest absolute Gasteiger partial charge is 0.123 e. The minimum absolute atomic E-state index is 0.264. The van der Waals surface area contributed by atoms with Crippen LogP contribution in [0.4, 0.5) is 4.39 Å². The first-order valence-electron chi connectivity index (χ1n) is 5.13. The highest BCUT2D eigenvalue weighted by atomic mass is 19.1. The molecule has 0 unspecified atom stereocenters. The van der Waals surface area contributed by atoms with Crippen LogP contribution in [0.2, 0.25) is 0 Å². The molecule has 0 fully saturated rings. The van der Waals surface area contributed by atoms with Crippen LogP contribution in [-0.2, 0) is 6.42 Å². The Labute approximate surface area is 92.9 Å². The summed E-state index contributed by atoms with van der Waals surface area (Å²) < 4.78 is 12.8. The highest BCUT2D eigenvalue weighted by Crippen LogP contribution is 2.22. The number of hydrogen-bond donors (Lipinski definition) is 2. The van der Waals surface area contributed by atoms with Crippen LogP contribution in [0, 0.1) is 5.82 Å². The van der Waals surface area contributed by atoms with Crippen LogP contribution in [0.15, 0.2) is 30.5 Å². The van der Waals surface area contributed by atoms with Gasteiger partial charge in [-0.15, -0.1) is 0 Å². The molecule has 0 aliphatic rings. The van der Waals surface area contributed by atoms with Gasteiger partial charge < -0.3 is 5.11 Å². The molecule has 0 saturated carbocycles. The minimum atomic E-state index is -0.420. The van der Waals surface area contributed by atoms with Gasteiger partial charge in [-0.05, 0) is 31.2 Å². The number of aromatic nitrogens is 2. The molecule has 0 bridgehead atoms. The molecule has 0 aliphatic heterocycles. The third-order valence-corrected chi connectivity index (χ3v) is 2.37. The standard InChI is InChI=1S/C12H13FN2O/c1-8(16)6-10-7-14-15-12(10)9-2-4-11(13)5-3-9/h2-5,7-8,16H,6H2,1H3,(H,14,15)/t8-/m1/s1. The van der Waals surface area contributed by atoms with Gasteiger partial charge in [0.15, 0.2) is 0 Å². The van der Waals surface area contributed by atoms with Crippen molar-refractivity contribution < 1.29 is 9.50 Å². The van der Waals surface area contributed by atoms with Crippen molar-refractivity contribution in [3.05, 3.63) is 41.8 Å². The highest BCUT2D eigenvalue weighted by Gasteiger charge is 2.09. The molecular formula is C12H13FN2O. The molecule has 1 aromatic carbocycles. The predicted octanol–water partition coefficient (Wildman–Crippen LogP) is 2.14. The van der Waals surface area contributed by atoms with E-state index in [0.717, 1.165) is 16.8 Å². The Hall–Kier alpha value is -1.68. The molecule has 3 nitrogen and oxygen atoms in total. The number of rotatable bonds is 3. The Morgan fingerprint density at radius 2 is 2.06 bits per heavy atom. The van der Waals surface area contributed by atoms with Crippen molar-refractivity contribution in [3.63, 3.8) is 0 Å². The largest absolute Gasteiger partial charge is 0.393 e. The van der Waals surface area contributed by atoms with E-state index in [2.05, 4.69) is 10.2 Å². The SMILES string of the molecule is C[C@@H](O)Cc1cn[nH]c1-c1ccc(F)cc1. The first kappa shape index (κ1) is 10.8. The summed E-state index contributed by atoms with van der Waals surface area (Å²) in [4.78, 5) is 0. The maximum absolute atomic E-state index is 12.8. The van der Waals surface area contributed by atoms with Gasteiger partial charge in [0.25, 0.3) is 0 Å². The first-order chi connectivity index (χ1) is 7.66. The van der Waals surface area contributed by atoms with Crippen molar-refractivity contribution in [1.29, 1.82) is 0 Å². The lowest BCUT2D eigenvalue weighted by molar-refractivity contribution is 0.195. The van der Waals surface area contributed by atoms with Crippen molar-refractivity contribution in [1.82, 2.24) is 10.2 Å². The summed E-state index contributed by atoms with van der Waals surface area (Å²) in [5.41, 5.74) is 2.64. The second-order valence-electron chi connectivity index (χ2n) is 3.83. The fraction of sp³-hybridized carbons (Fsp3) is 0.250. The Balaban J connectivity index is 2.33. The van der Waals surface area contributed by atoms with Gasteiger partial charge in [-0.3, -0.25) is 5.10 Å². The quantitative estimate of drug-likeness (QED) is 0.832. The number of aliphatic hydroxyl groups excluding tert-OH is 1. The van der Waals surface area contributed by atoms with Gasteiger partial charge in [0.1, 0.15) is 5.82 Å². The molecule has 1 heterocycles. The summed E-state index contributed by atoms with van der Waals surface area (Å²) in [6, 6.07) is 6.19. The molecule has 4 heteroatoms. The zero-order chi connectivity index (χ0) is 11.5. The molecule has 1 atom stereocenters. The normalized spacial score (nSPS) is 12.7. The molecule has 0 spiro atoms. The van der Waals surface area contributed by atoms with Gasteiger partial charge in [0.2, 0.25) is 0 Å². The molecule has 0 aliphatic carbocycles. The average Bonchev–Trinajstić information content (AvgIpc) is 2.66. The Morgan fingerprint density at radius 1 is 1.38 bits per heavy atom. The number of nitrogens with zero attached hydrogens (tertiary/aromatic N) is 1. The number of aliphatic hydroxyl groups is 1. The van der Waals surface area contributed by atoms with Gasteiger partial charge in [-0.1, -0.05) is 0 Å². The average molecular weight is 220 g/mol. The van der Waals surface area contributed by atoms with Gasteiger partial charge >= 0.3 is 0 Å². The third kappa shape index (κ3) is 2.28. The van der Waals surface area contributed by atoms with E-state index in [0.29, 0.717) is 6.42 Å². The second kappa shape index (κ2) is 4.45. The van der Waals surface area contributed by atoms with E-state index in [9.17, 15) is 9.50 Å². The molecule has 2 aromatic rings. The van der Waals surface area contributed by atoms with Gasteiger partial charge in [0.05, 0.1) is 18.0 Å². The molecule has 84 valence electrons. The van der Waals surface area contributed by atoms with E-state index in [4.69, 9.17) is 0 Å². The predicted molar refractivity (Wildman–Crippen MR) is 59.4 cm³/mol. The van der Waals surface area contributed by atoms with Crippen LogP contribution in [-0.4, -0.2) is 21.4 Å². The van der Waals surface area contributed by atoms with Gasteiger partial charge in [0, 0.05) is 17.5 Å². The van der Waals surface area contributed by atoms with E-state index in [1.165, 1.54) is 12.1 Å². The fourth-order valence-electron chi connectivity index (χ4n) is 1.65. The van der Waals surface area contributed by atoms with Crippen LogP contribution >= 0.6 is 0 Å². The van der Waals surface area contributed by atoms with Gasteiger partial charge in [-0.25, -0.2) is 4.39 Å². The maximum atomic E-state index is 12.8. The van der Waals surface area contributed by atoms with Crippen molar-refractivity contribution in [3.8, 4) is 11.3 Å². The summed E-state index contributed by atoms with van der Waals surface area (Å²) in [5.74, 6) is -0.264. The first-order valence-corrected chi connectivity index (χ1v) is 5.13. The van der Waals surface area contributed by atoms with Crippen LogP contribution in [0.5, 0.6) is 0 Å². The molecule has 0 amide bonds. The number of aromatic amines is 1. The van der Waals surface area contributed by atoms with Crippen molar-refractivity contribution in [2.45, 2.75) is 19.4 Å². The second-order valence-corrected chi connectivity index (χ2v) is 3.83. The number of nitrogens with one attached hydrogen (secondary N) is 1. The topological polar surface area (TPSA) is 48.9 Å². The van der Waals surface area contributed by atoms with Crippen LogP contribution in [0.25, 0.3) is 11.3 Å². The Bertz CT molecular complexity index is 462. The Morgan fingerprint density at radius 3 is 2.69 bits per heavy atom. The third-order valence-electron chi connectivity index (χ3n) is 2.37. The van der Waals surface area contributed by atoms with E-state index < -0.39 is 6.10 Å². The molecule has 0 saturated heterocycles. The molecule has 2 N–H and O–H groups in total. The molecule has 2 rings (SSSR count). The van der Waals surface area contributed by atoms with Crippen molar-refractivity contribution >= 4 is 0 Å². The van der Waals surface area contributed by atoms with Crippen LogP contribution < -0.4 is 0 Å². The van der Waals surface area contributed by atoms with E-state index >= 15 is 0 Å².